The Labute approximate surface area is 123 Å². The van der Waals surface area contributed by atoms with Crippen molar-refractivity contribution in [3.8, 4) is 0 Å². The van der Waals surface area contributed by atoms with Crippen molar-refractivity contribution in [2.24, 2.45) is 0 Å². The second-order valence-corrected chi connectivity index (χ2v) is 4.63. The van der Waals surface area contributed by atoms with Gasteiger partial charge in [0.05, 0.1) is 10.8 Å². The third-order valence-electron chi connectivity index (χ3n) is 3.22. The molecule has 0 radical (unpaired) electrons. The molecule has 0 aliphatic heterocycles. The summed E-state index contributed by atoms with van der Waals surface area (Å²) < 4.78 is 10.3. The highest BCUT2D eigenvalue weighted by molar-refractivity contribution is 6.06. The number of amides is 2. The molecule has 0 saturated carbocycles. The number of carbonyl (C=O) groups is 1. The van der Waals surface area contributed by atoms with Crippen LogP contribution in [0.3, 0.4) is 0 Å². The Morgan fingerprint density at radius 1 is 0.773 bits per heavy atom. The number of fused-ring (bicyclic) bond motifs is 2. The summed E-state index contributed by atoms with van der Waals surface area (Å²) in [5, 5.41) is 14.4. The fourth-order valence-electron chi connectivity index (χ4n) is 2.20. The molecule has 0 atom stereocenters. The van der Waals surface area contributed by atoms with E-state index in [0.29, 0.717) is 22.8 Å². The molecule has 2 N–H and O–H groups in total. The van der Waals surface area contributed by atoms with Crippen molar-refractivity contribution in [2.75, 3.05) is 10.6 Å². The third-order valence-corrected chi connectivity index (χ3v) is 3.22. The van der Waals surface area contributed by atoms with Crippen molar-refractivity contribution in [3.05, 3.63) is 48.5 Å². The minimum absolute atomic E-state index is 0.348. The summed E-state index contributed by atoms with van der Waals surface area (Å²) in [6.45, 7) is 0. The van der Waals surface area contributed by atoms with Gasteiger partial charge in [0.15, 0.2) is 22.8 Å². The van der Waals surface area contributed by atoms with Gasteiger partial charge in [-0.3, -0.25) is 10.6 Å². The summed E-state index contributed by atoms with van der Waals surface area (Å²) in [6.07, 6.45) is 0. The summed E-state index contributed by atoms with van der Waals surface area (Å²) in [4.78, 5) is 12.1. The number of urea groups is 1. The largest absolute Gasteiger partial charge is 0.354 e. The van der Waals surface area contributed by atoms with E-state index in [4.69, 9.17) is 9.05 Å². The molecule has 0 bridgehead atoms. The van der Waals surface area contributed by atoms with E-state index in [2.05, 4.69) is 20.9 Å². The normalized spacial score (nSPS) is 10.9. The van der Waals surface area contributed by atoms with Crippen LogP contribution in [0.15, 0.2) is 57.6 Å². The Balaban J connectivity index is 1.58. The summed E-state index contributed by atoms with van der Waals surface area (Å²) in [6, 6.07) is 14.0. The van der Waals surface area contributed by atoms with Crippen molar-refractivity contribution in [1.29, 1.82) is 0 Å². The fourth-order valence-corrected chi connectivity index (χ4v) is 2.20. The molecule has 0 saturated heterocycles. The number of nitrogens with zero attached hydrogens (tertiary/aromatic N) is 2. The number of carbonyl (C=O) groups excluding carboxylic acids is 1. The maximum absolute atomic E-state index is 12.1. The maximum atomic E-state index is 12.1. The van der Waals surface area contributed by atoms with Crippen LogP contribution in [0.2, 0.25) is 0 Å². The molecule has 0 fully saturated rings. The predicted molar refractivity (Wildman–Crippen MR) is 80.7 cm³/mol. The second kappa shape index (κ2) is 4.88. The Bertz CT molecular complexity index is 895. The highest BCUT2D eigenvalue weighted by Crippen LogP contribution is 2.24. The molecule has 0 aliphatic rings. The minimum Gasteiger partial charge on any atom is -0.354 e. The van der Waals surface area contributed by atoms with E-state index >= 15 is 0 Å². The molecule has 7 heteroatoms. The van der Waals surface area contributed by atoms with Crippen LogP contribution in [0.5, 0.6) is 0 Å². The standard InChI is InChI=1S/C15H10N4O3/c20-15(16-13-9-5-1-3-7-11(9)21-18-13)17-14-10-6-2-4-8-12(10)22-19-14/h1-8H,(H2,16,17,18,19,20). The van der Waals surface area contributed by atoms with Crippen LogP contribution in [-0.2, 0) is 0 Å². The van der Waals surface area contributed by atoms with Gasteiger partial charge in [-0.2, -0.15) is 0 Å². The quantitative estimate of drug-likeness (QED) is 0.589. The van der Waals surface area contributed by atoms with E-state index < -0.39 is 6.03 Å². The Morgan fingerprint density at radius 2 is 1.23 bits per heavy atom. The van der Waals surface area contributed by atoms with E-state index in [1.165, 1.54) is 0 Å². The molecule has 2 aromatic carbocycles. The van der Waals surface area contributed by atoms with Gasteiger partial charge < -0.3 is 9.05 Å². The van der Waals surface area contributed by atoms with Crippen LogP contribution in [-0.4, -0.2) is 16.3 Å². The van der Waals surface area contributed by atoms with Gasteiger partial charge in [-0.25, -0.2) is 4.79 Å². The van der Waals surface area contributed by atoms with Gasteiger partial charge in [0.1, 0.15) is 0 Å². The number of benzene rings is 2. The van der Waals surface area contributed by atoms with Crippen LogP contribution in [0.1, 0.15) is 0 Å². The van der Waals surface area contributed by atoms with Crippen LogP contribution >= 0.6 is 0 Å². The smallest absolute Gasteiger partial charge is 0.326 e. The SMILES string of the molecule is O=C(Nc1noc2ccccc12)Nc1noc2ccccc12. The Morgan fingerprint density at radius 3 is 1.73 bits per heavy atom. The van der Waals surface area contributed by atoms with E-state index in [1.807, 2.05) is 36.4 Å². The number of rotatable bonds is 2. The van der Waals surface area contributed by atoms with E-state index in [1.54, 1.807) is 12.1 Å². The third kappa shape index (κ3) is 2.05. The summed E-state index contributed by atoms with van der Waals surface area (Å²) >= 11 is 0. The number of aromatic nitrogens is 2. The van der Waals surface area contributed by atoms with Crippen LogP contribution in [0.4, 0.5) is 16.4 Å². The van der Waals surface area contributed by atoms with Gasteiger partial charge >= 0.3 is 6.03 Å². The fraction of sp³-hybridized carbons (Fsp3) is 0. The summed E-state index contributed by atoms with van der Waals surface area (Å²) in [7, 11) is 0. The van der Waals surface area contributed by atoms with E-state index in [-0.39, 0.29) is 0 Å². The molecule has 2 amide bonds. The maximum Gasteiger partial charge on any atom is 0.326 e. The summed E-state index contributed by atoms with van der Waals surface area (Å²) in [5.41, 5.74) is 1.20. The number of anilines is 2. The monoisotopic (exact) mass is 294 g/mol. The number of hydrogen-bond acceptors (Lipinski definition) is 5. The molecule has 2 heterocycles. The molecule has 7 nitrogen and oxygen atoms in total. The van der Waals surface area contributed by atoms with Gasteiger partial charge in [-0.1, -0.05) is 34.6 Å². The Hall–Kier alpha value is -3.35. The second-order valence-electron chi connectivity index (χ2n) is 4.63. The van der Waals surface area contributed by atoms with Crippen molar-refractivity contribution in [3.63, 3.8) is 0 Å². The first-order valence-electron chi connectivity index (χ1n) is 6.58. The number of nitrogens with one attached hydrogen (secondary N) is 2. The molecule has 4 rings (SSSR count). The van der Waals surface area contributed by atoms with Crippen LogP contribution in [0.25, 0.3) is 21.9 Å². The van der Waals surface area contributed by atoms with E-state index in [9.17, 15) is 4.79 Å². The van der Waals surface area contributed by atoms with Gasteiger partial charge in [-0.15, -0.1) is 0 Å². The van der Waals surface area contributed by atoms with Crippen molar-refractivity contribution >= 4 is 39.6 Å². The number of para-hydroxylation sites is 2. The zero-order valence-corrected chi connectivity index (χ0v) is 11.2. The molecule has 0 unspecified atom stereocenters. The lowest BCUT2D eigenvalue weighted by molar-refractivity contribution is 0.261. The molecular formula is C15H10N4O3. The van der Waals surface area contributed by atoms with Gasteiger partial charge in [-0.05, 0) is 24.3 Å². The van der Waals surface area contributed by atoms with Gasteiger partial charge in [0.2, 0.25) is 0 Å². The highest BCUT2D eigenvalue weighted by atomic mass is 16.5. The lowest BCUT2D eigenvalue weighted by Crippen LogP contribution is -2.20. The minimum atomic E-state index is -0.474. The van der Waals surface area contributed by atoms with Crippen LogP contribution in [0, 0.1) is 0 Å². The van der Waals surface area contributed by atoms with Crippen molar-refractivity contribution in [2.45, 2.75) is 0 Å². The lowest BCUT2D eigenvalue weighted by atomic mass is 10.2. The summed E-state index contributed by atoms with van der Waals surface area (Å²) in [5.74, 6) is 0.696. The first-order valence-corrected chi connectivity index (χ1v) is 6.58. The molecular weight excluding hydrogens is 284 g/mol. The van der Waals surface area contributed by atoms with Crippen molar-refractivity contribution in [1.82, 2.24) is 10.3 Å². The average Bonchev–Trinajstić information content (AvgIpc) is 3.13. The van der Waals surface area contributed by atoms with Gasteiger partial charge in [0.25, 0.3) is 0 Å². The Kier molecular flexibility index (Phi) is 2.75. The molecule has 0 aliphatic carbocycles. The van der Waals surface area contributed by atoms with Crippen LogP contribution < -0.4 is 10.6 Å². The predicted octanol–water partition coefficient (Wildman–Crippen LogP) is 3.61. The highest BCUT2D eigenvalue weighted by Gasteiger charge is 2.14. The molecule has 2 aromatic heterocycles. The van der Waals surface area contributed by atoms with E-state index in [0.717, 1.165) is 10.8 Å². The first kappa shape index (κ1) is 12.4. The zero-order valence-electron chi connectivity index (χ0n) is 11.2. The topological polar surface area (TPSA) is 93.2 Å². The lowest BCUT2D eigenvalue weighted by Gasteiger charge is -2.02. The molecule has 22 heavy (non-hydrogen) atoms. The number of hydrogen-bond donors (Lipinski definition) is 2. The average molecular weight is 294 g/mol. The van der Waals surface area contributed by atoms with Gasteiger partial charge in [0, 0.05) is 0 Å². The molecule has 4 aromatic rings. The molecule has 108 valence electrons. The molecule has 0 spiro atoms. The first-order chi connectivity index (χ1) is 10.8. The zero-order chi connectivity index (χ0) is 14.9. The van der Waals surface area contributed by atoms with Crippen molar-refractivity contribution < 1.29 is 13.8 Å².